The highest BCUT2D eigenvalue weighted by atomic mass is 15.5. The molecule has 4 N–H and O–H groups in total. The van der Waals surface area contributed by atoms with Gasteiger partial charge < -0.3 is 10.6 Å². The molecule has 2 rings (SSSR count). The number of rotatable bonds is 2. The lowest BCUT2D eigenvalue weighted by molar-refractivity contribution is 0.161. The van der Waals surface area contributed by atoms with E-state index in [9.17, 15) is 0 Å². The molecule has 0 aliphatic carbocycles. The molecule has 2 heterocycles. The van der Waals surface area contributed by atoms with E-state index in [-0.39, 0.29) is 12.3 Å². The van der Waals surface area contributed by atoms with Crippen molar-refractivity contribution < 1.29 is 0 Å². The number of hydrogen-bond donors (Lipinski definition) is 3. The number of hydrazine groups is 1. The topological polar surface area (TPSA) is 53.3 Å². The highest BCUT2D eigenvalue weighted by molar-refractivity contribution is 5.15. The van der Waals surface area contributed by atoms with Gasteiger partial charge in [-0.3, -0.25) is 5.84 Å². The predicted molar refractivity (Wildman–Crippen MR) is 56.4 cm³/mol. The second-order valence-corrected chi connectivity index (χ2v) is 3.16. The number of nitrogens with zero attached hydrogens (tertiary/aromatic N) is 1. The van der Waals surface area contributed by atoms with Gasteiger partial charge in [-0.25, -0.2) is 0 Å². The first kappa shape index (κ1) is 9.05. The van der Waals surface area contributed by atoms with Gasteiger partial charge in [-0.05, 0) is 36.7 Å². The van der Waals surface area contributed by atoms with Gasteiger partial charge in [-0.1, -0.05) is 12.2 Å². The van der Waals surface area contributed by atoms with Crippen LogP contribution in [0.25, 0.3) is 0 Å². The lowest BCUT2D eigenvalue weighted by atomic mass is 10.2. The van der Waals surface area contributed by atoms with E-state index in [0.29, 0.717) is 0 Å². The van der Waals surface area contributed by atoms with Crippen molar-refractivity contribution in [3.05, 3.63) is 48.9 Å². The van der Waals surface area contributed by atoms with Crippen molar-refractivity contribution in [1.29, 1.82) is 0 Å². The zero-order chi connectivity index (χ0) is 9.80. The van der Waals surface area contributed by atoms with Crippen LogP contribution < -0.4 is 16.5 Å². The van der Waals surface area contributed by atoms with E-state index in [4.69, 9.17) is 5.84 Å². The van der Waals surface area contributed by atoms with Gasteiger partial charge >= 0.3 is 0 Å². The minimum absolute atomic E-state index is 0.0358. The lowest BCUT2D eigenvalue weighted by Gasteiger charge is -2.32. The largest absolute Gasteiger partial charge is 0.371 e. The van der Waals surface area contributed by atoms with Gasteiger partial charge in [0, 0.05) is 0 Å². The summed E-state index contributed by atoms with van der Waals surface area (Å²) in [6.07, 6.45) is 15.7. The minimum atomic E-state index is 0.0358. The van der Waals surface area contributed by atoms with Gasteiger partial charge in [-0.15, -0.1) is 0 Å². The van der Waals surface area contributed by atoms with Crippen molar-refractivity contribution in [2.75, 3.05) is 0 Å². The molecule has 0 amide bonds. The number of allylic oxidation sites excluding steroid dienone is 4. The Hall–Kier alpha value is -1.52. The molecule has 0 saturated carbocycles. The molecular formula is C10H14N4. The quantitative estimate of drug-likeness (QED) is 0.429. The van der Waals surface area contributed by atoms with Crippen LogP contribution >= 0.6 is 0 Å². The fourth-order valence-corrected chi connectivity index (χ4v) is 1.41. The molecule has 2 aliphatic heterocycles. The average molecular weight is 190 g/mol. The van der Waals surface area contributed by atoms with Crippen molar-refractivity contribution in [3.8, 4) is 0 Å². The molecule has 2 unspecified atom stereocenters. The molecule has 14 heavy (non-hydrogen) atoms. The lowest BCUT2D eigenvalue weighted by Crippen LogP contribution is -2.56. The maximum Gasteiger partial charge on any atom is 0.114 e. The monoisotopic (exact) mass is 190 g/mol. The van der Waals surface area contributed by atoms with Crippen LogP contribution in [0.3, 0.4) is 0 Å². The molecule has 4 nitrogen and oxygen atoms in total. The zero-order valence-electron chi connectivity index (χ0n) is 7.80. The molecule has 2 aliphatic rings. The highest BCUT2D eigenvalue weighted by Gasteiger charge is 2.19. The summed E-state index contributed by atoms with van der Waals surface area (Å²) in [7, 11) is 0. The maximum absolute atomic E-state index is 5.96. The van der Waals surface area contributed by atoms with E-state index in [0.717, 1.165) is 0 Å². The summed E-state index contributed by atoms with van der Waals surface area (Å²) in [6, 6.07) is 0. The first-order valence-corrected chi connectivity index (χ1v) is 4.60. The van der Waals surface area contributed by atoms with E-state index in [1.165, 1.54) is 0 Å². The standard InChI is InChI=1S/C10H14N4/c11-14(9-5-1-3-7-12-9)10-6-2-4-8-13-10/h1-10,12-13H,11H2. The Morgan fingerprint density at radius 1 is 0.857 bits per heavy atom. The Morgan fingerprint density at radius 2 is 1.36 bits per heavy atom. The Balaban J connectivity index is 1.97. The van der Waals surface area contributed by atoms with Gasteiger partial charge in [0.15, 0.2) is 0 Å². The fourth-order valence-electron chi connectivity index (χ4n) is 1.41. The van der Waals surface area contributed by atoms with Crippen LogP contribution in [0, 0.1) is 0 Å². The van der Waals surface area contributed by atoms with E-state index in [1.54, 1.807) is 5.01 Å². The summed E-state index contributed by atoms with van der Waals surface area (Å²) in [5.74, 6) is 5.96. The molecule has 0 fully saturated rings. The summed E-state index contributed by atoms with van der Waals surface area (Å²) in [5.41, 5.74) is 0. The first-order valence-electron chi connectivity index (χ1n) is 4.60. The Bertz CT molecular complexity index is 273. The van der Waals surface area contributed by atoms with E-state index in [1.807, 2.05) is 48.9 Å². The summed E-state index contributed by atoms with van der Waals surface area (Å²) < 4.78 is 0. The van der Waals surface area contributed by atoms with E-state index in [2.05, 4.69) is 10.6 Å². The zero-order valence-corrected chi connectivity index (χ0v) is 7.80. The number of dihydropyridines is 2. The van der Waals surface area contributed by atoms with Gasteiger partial charge in [-0.2, -0.15) is 5.01 Å². The Kier molecular flexibility index (Phi) is 2.67. The van der Waals surface area contributed by atoms with Gasteiger partial charge in [0.25, 0.3) is 0 Å². The van der Waals surface area contributed by atoms with Gasteiger partial charge in [0.05, 0.1) is 0 Å². The van der Waals surface area contributed by atoms with Crippen LogP contribution in [0.15, 0.2) is 48.9 Å². The van der Waals surface area contributed by atoms with Gasteiger partial charge in [0.1, 0.15) is 12.3 Å². The minimum Gasteiger partial charge on any atom is -0.371 e. The van der Waals surface area contributed by atoms with Crippen LogP contribution in [-0.2, 0) is 0 Å². The summed E-state index contributed by atoms with van der Waals surface area (Å²) in [4.78, 5) is 0. The van der Waals surface area contributed by atoms with E-state index >= 15 is 0 Å². The molecule has 0 radical (unpaired) electrons. The van der Waals surface area contributed by atoms with Crippen LogP contribution in [0.1, 0.15) is 0 Å². The van der Waals surface area contributed by atoms with Crippen molar-refractivity contribution >= 4 is 0 Å². The number of nitrogens with two attached hydrogens (primary N) is 1. The molecule has 2 atom stereocenters. The molecule has 0 aromatic heterocycles. The van der Waals surface area contributed by atoms with Crippen LogP contribution in [0.4, 0.5) is 0 Å². The average Bonchev–Trinajstić information content (AvgIpc) is 2.30. The first-order chi connectivity index (χ1) is 6.88. The summed E-state index contributed by atoms with van der Waals surface area (Å²) >= 11 is 0. The van der Waals surface area contributed by atoms with Gasteiger partial charge in [0.2, 0.25) is 0 Å². The molecule has 74 valence electrons. The Labute approximate surface area is 83.4 Å². The van der Waals surface area contributed by atoms with Crippen LogP contribution in [-0.4, -0.2) is 17.3 Å². The second-order valence-electron chi connectivity index (χ2n) is 3.16. The Morgan fingerprint density at radius 3 is 1.71 bits per heavy atom. The molecule has 4 heteroatoms. The van der Waals surface area contributed by atoms with E-state index < -0.39 is 0 Å². The van der Waals surface area contributed by atoms with Crippen molar-refractivity contribution in [3.63, 3.8) is 0 Å². The molecule has 0 bridgehead atoms. The third-order valence-electron chi connectivity index (χ3n) is 2.18. The van der Waals surface area contributed by atoms with Crippen molar-refractivity contribution in [2.24, 2.45) is 5.84 Å². The predicted octanol–water partition coefficient (Wildman–Crippen LogP) is 0.160. The number of nitrogens with one attached hydrogen (secondary N) is 2. The third-order valence-corrected chi connectivity index (χ3v) is 2.18. The highest BCUT2D eigenvalue weighted by Crippen LogP contribution is 2.04. The molecule has 0 spiro atoms. The maximum atomic E-state index is 5.96. The fraction of sp³-hybridized carbons (Fsp3) is 0.200. The molecule has 0 saturated heterocycles. The third kappa shape index (κ3) is 1.86. The molecule has 0 aromatic rings. The van der Waals surface area contributed by atoms with Crippen molar-refractivity contribution in [2.45, 2.75) is 12.3 Å². The normalized spacial score (nSPS) is 29.0. The SMILES string of the molecule is NN(C1C=CC=CN1)C1C=CC=CN1. The van der Waals surface area contributed by atoms with Crippen LogP contribution in [0.2, 0.25) is 0 Å². The smallest absolute Gasteiger partial charge is 0.114 e. The summed E-state index contributed by atoms with van der Waals surface area (Å²) in [5, 5.41) is 8.03. The van der Waals surface area contributed by atoms with Crippen molar-refractivity contribution in [1.82, 2.24) is 15.6 Å². The summed E-state index contributed by atoms with van der Waals surface area (Å²) in [6.45, 7) is 0. The second kappa shape index (κ2) is 4.13. The van der Waals surface area contributed by atoms with Crippen LogP contribution in [0.5, 0.6) is 0 Å². The molecule has 0 aromatic carbocycles. The molecular weight excluding hydrogens is 176 g/mol. The number of hydrogen-bond acceptors (Lipinski definition) is 4.